The summed E-state index contributed by atoms with van der Waals surface area (Å²) in [7, 11) is 0. The molecule has 144 valence electrons. The lowest BCUT2D eigenvalue weighted by Gasteiger charge is -2.36. The molecule has 4 rings (SSSR count). The van der Waals surface area contributed by atoms with Gasteiger partial charge >= 0.3 is 5.97 Å². The third kappa shape index (κ3) is 3.31. The maximum Gasteiger partial charge on any atom is 0.335 e. The Hall–Kier alpha value is -3.33. The van der Waals surface area contributed by atoms with Gasteiger partial charge in [0.15, 0.2) is 0 Å². The van der Waals surface area contributed by atoms with E-state index in [4.69, 9.17) is 5.11 Å². The van der Waals surface area contributed by atoms with Crippen molar-refractivity contribution in [3.63, 3.8) is 0 Å². The molecule has 1 unspecified atom stereocenters. The summed E-state index contributed by atoms with van der Waals surface area (Å²) in [6.07, 6.45) is 3.52. The Morgan fingerprint density at radius 3 is 2.25 bits per heavy atom. The number of rotatable bonds is 4. The van der Waals surface area contributed by atoms with Gasteiger partial charge in [-0.3, -0.25) is 14.5 Å². The Morgan fingerprint density at radius 1 is 1.00 bits per heavy atom. The maximum absolute atomic E-state index is 12.9. The highest BCUT2D eigenvalue weighted by atomic mass is 16.4. The molecule has 2 amide bonds. The molecule has 9 heteroatoms. The summed E-state index contributed by atoms with van der Waals surface area (Å²) in [6, 6.07) is 7.04. The number of carboxylic acid groups (broad SMARTS) is 1. The van der Waals surface area contributed by atoms with Crippen LogP contribution in [0.1, 0.15) is 16.8 Å². The van der Waals surface area contributed by atoms with Crippen molar-refractivity contribution in [2.75, 3.05) is 36.0 Å². The lowest BCUT2D eigenvalue weighted by molar-refractivity contribution is -0.123. The van der Waals surface area contributed by atoms with Gasteiger partial charge in [0.25, 0.3) is 5.91 Å². The summed E-state index contributed by atoms with van der Waals surface area (Å²) in [5.74, 6) is -0.927. The smallest absolute Gasteiger partial charge is 0.335 e. The molecule has 0 saturated carbocycles. The molecule has 1 aromatic carbocycles. The second kappa shape index (κ2) is 7.35. The van der Waals surface area contributed by atoms with E-state index in [1.165, 1.54) is 24.3 Å². The first-order valence-corrected chi connectivity index (χ1v) is 9.01. The van der Waals surface area contributed by atoms with E-state index in [-0.39, 0.29) is 23.8 Å². The van der Waals surface area contributed by atoms with E-state index >= 15 is 0 Å². The van der Waals surface area contributed by atoms with Crippen molar-refractivity contribution in [1.29, 1.82) is 0 Å². The van der Waals surface area contributed by atoms with E-state index in [0.717, 1.165) is 4.90 Å². The molecular weight excluding hydrogens is 362 g/mol. The van der Waals surface area contributed by atoms with Gasteiger partial charge in [-0.05, 0) is 30.3 Å². The average molecular weight is 381 g/mol. The maximum atomic E-state index is 12.9. The fourth-order valence-corrected chi connectivity index (χ4v) is 3.61. The van der Waals surface area contributed by atoms with Gasteiger partial charge in [0.2, 0.25) is 11.9 Å². The van der Waals surface area contributed by atoms with Gasteiger partial charge in [-0.2, -0.15) is 0 Å². The Balaban J connectivity index is 1.44. The van der Waals surface area contributed by atoms with Gasteiger partial charge in [0.1, 0.15) is 0 Å². The molecule has 0 bridgehead atoms. The van der Waals surface area contributed by atoms with Crippen LogP contribution in [0, 0.1) is 0 Å². The highest BCUT2D eigenvalue weighted by Crippen LogP contribution is 2.27. The van der Waals surface area contributed by atoms with Crippen LogP contribution >= 0.6 is 0 Å². The van der Waals surface area contributed by atoms with Gasteiger partial charge in [-0.1, -0.05) is 0 Å². The molecule has 1 aromatic heterocycles. The number of carboxylic acids is 1. The number of carbonyl (C=O) groups is 3. The lowest BCUT2D eigenvalue weighted by atomic mass is 10.1. The van der Waals surface area contributed by atoms with Crippen LogP contribution in [0.5, 0.6) is 0 Å². The van der Waals surface area contributed by atoms with Gasteiger partial charge in [-0.25, -0.2) is 19.7 Å². The summed E-state index contributed by atoms with van der Waals surface area (Å²) >= 11 is 0. The van der Waals surface area contributed by atoms with Crippen LogP contribution in [0.15, 0.2) is 42.7 Å². The summed E-state index contributed by atoms with van der Waals surface area (Å²) in [5, 5.41) is 8.99. The van der Waals surface area contributed by atoms with Crippen LogP contribution in [-0.4, -0.2) is 70.0 Å². The Kier molecular flexibility index (Phi) is 4.74. The number of anilines is 2. The van der Waals surface area contributed by atoms with E-state index in [1.54, 1.807) is 18.5 Å². The number of carbonyl (C=O) groups excluding carboxylic acids is 2. The Bertz CT molecular complexity index is 894. The highest BCUT2D eigenvalue weighted by Gasteiger charge is 2.43. The summed E-state index contributed by atoms with van der Waals surface area (Å²) < 4.78 is 0. The summed E-state index contributed by atoms with van der Waals surface area (Å²) in [4.78, 5) is 50.1. The quantitative estimate of drug-likeness (QED) is 0.769. The van der Waals surface area contributed by atoms with Crippen LogP contribution in [-0.2, 0) is 9.59 Å². The minimum absolute atomic E-state index is 0.110. The number of nitrogens with zero attached hydrogens (tertiary/aromatic N) is 5. The third-order valence-electron chi connectivity index (χ3n) is 5.09. The predicted molar refractivity (Wildman–Crippen MR) is 100 cm³/mol. The summed E-state index contributed by atoms with van der Waals surface area (Å²) in [5.41, 5.74) is 0.512. The molecule has 28 heavy (non-hydrogen) atoms. The number of aromatic carboxylic acids is 1. The van der Waals surface area contributed by atoms with Gasteiger partial charge in [0, 0.05) is 38.6 Å². The van der Waals surface area contributed by atoms with Crippen LogP contribution in [0.25, 0.3) is 0 Å². The van der Waals surface area contributed by atoms with E-state index in [9.17, 15) is 14.4 Å². The Morgan fingerprint density at radius 2 is 1.64 bits per heavy atom. The normalized spacial score (nSPS) is 20.6. The monoisotopic (exact) mass is 381 g/mol. The molecule has 2 aliphatic rings. The zero-order chi connectivity index (χ0) is 19.7. The van der Waals surface area contributed by atoms with Crippen molar-refractivity contribution in [2.45, 2.75) is 12.5 Å². The zero-order valence-corrected chi connectivity index (χ0v) is 15.1. The van der Waals surface area contributed by atoms with Crippen LogP contribution in [0.2, 0.25) is 0 Å². The summed E-state index contributed by atoms with van der Waals surface area (Å²) in [6.45, 7) is 2.62. The topological polar surface area (TPSA) is 107 Å². The van der Waals surface area contributed by atoms with Gasteiger partial charge in [0.05, 0.1) is 23.7 Å². The number of hydrogen-bond acceptors (Lipinski definition) is 7. The molecule has 0 radical (unpaired) electrons. The number of benzene rings is 1. The first-order valence-electron chi connectivity index (χ1n) is 9.01. The molecule has 2 aromatic rings. The highest BCUT2D eigenvalue weighted by molar-refractivity contribution is 6.22. The van der Waals surface area contributed by atoms with E-state index in [2.05, 4.69) is 14.9 Å². The largest absolute Gasteiger partial charge is 0.478 e. The molecule has 2 fully saturated rings. The molecule has 2 aliphatic heterocycles. The molecule has 2 saturated heterocycles. The number of imide groups is 1. The van der Waals surface area contributed by atoms with Crippen LogP contribution in [0.3, 0.4) is 0 Å². The number of hydrogen-bond donors (Lipinski definition) is 1. The van der Waals surface area contributed by atoms with Crippen LogP contribution < -0.4 is 9.80 Å². The number of piperazine rings is 1. The predicted octanol–water partition coefficient (Wildman–Crippen LogP) is 0.629. The average Bonchev–Trinajstić information content (AvgIpc) is 3.03. The number of amides is 2. The second-order valence-corrected chi connectivity index (χ2v) is 6.71. The second-order valence-electron chi connectivity index (χ2n) is 6.71. The van der Waals surface area contributed by atoms with Crippen molar-refractivity contribution in [2.24, 2.45) is 0 Å². The fourth-order valence-electron chi connectivity index (χ4n) is 3.61. The number of aromatic nitrogens is 2. The first-order chi connectivity index (χ1) is 13.5. The molecule has 9 nitrogen and oxygen atoms in total. The van der Waals surface area contributed by atoms with E-state index in [0.29, 0.717) is 37.8 Å². The van der Waals surface area contributed by atoms with Crippen molar-refractivity contribution >= 4 is 29.4 Å². The zero-order valence-electron chi connectivity index (χ0n) is 15.1. The molecule has 0 spiro atoms. The van der Waals surface area contributed by atoms with E-state index in [1.807, 2.05) is 4.90 Å². The SMILES string of the molecule is O=C(O)c1ccc(N2C(=O)CC(N3CCN(c4ncccn4)CC3)C2=O)cc1. The standard InChI is InChI=1S/C19H19N5O4/c25-16-12-15(17(26)24(16)14-4-2-13(3-5-14)18(27)28)22-8-10-23(11-9-22)19-20-6-1-7-21-19/h1-7,15H,8-12H2,(H,27,28). The van der Waals surface area contributed by atoms with Crippen molar-refractivity contribution < 1.29 is 19.5 Å². The lowest BCUT2D eigenvalue weighted by Crippen LogP contribution is -2.53. The molecular formula is C19H19N5O4. The Labute approximate surface area is 161 Å². The van der Waals surface area contributed by atoms with Gasteiger partial charge < -0.3 is 10.0 Å². The minimum Gasteiger partial charge on any atom is -0.478 e. The van der Waals surface area contributed by atoms with Crippen LogP contribution in [0.4, 0.5) is 11.6 Å². The van der Waals surface area contributed by atoms with Crippen molar-refractivity contribution in [3.8, 4) is 0 Å². The van der Waals surface area contributed by atoms with Crippen molar-refractivity contribution in [1.82, 2.24) is 14.9 Å². The molecule has 3 heterocycles. The fraction of sp³-hybridized carbons (Fsp3) is 0.316. The third-order valence-corrected chi connectivity index (χ3v) is 5.09. The van der Waals surface area contributed by atoms with E-state index < -0.39 is 12.0 Å². The van der Waals surface area contributed by atoms with Gasteiger partial charge in [-0.15, -0.1) is 0 Å². The molecule has 1 atom stereocenters. The first kappa shape index (κ1) is 18.1. The van der Waals surface area contributed by atoms with Crippen molar-refractivity contribution in [3.05, 3.63) is 48.3 Å². The molecule has 1 N–H and O–H groups in total. The minimum atomic E-state index is -1.05. The molecule has 0 aliphatic carbocycles.